The molecule has 0 saturated heterocycles. The molecule has 1 heteroatoms. The highest BCUT2D eigenvalue weighted by Gasteiger charge is 1.90. The van der Waals surface area contributed by atoms with E-state index in [4.69, 9.17) is 5.73 Å². The van der Waals surface area contributed by atoms with Gasteiger partial charge in [0.25, 0.3) is 0 Å². The summed E-state index contributed by atoms with van der Waals surface area (Å²) < 4.78 is 0. The van der Waals surface area contributed by atoms with E-state index in [0.29, 0.717) is 0 Å². The second-order valence-electron chi connectivity index (χ2n) is 3.53. The van der Waals surface area contributed by atoms with Gasteiger partial charge in [-0.15, -0.1) is 0 Å². The van der Waals surface area contributed by atoms with Crippen molar-refractivity contribution in [2.45, 2.75) is 58.3 Å². The Hall–Kier alpha value is -0.460. The molecule has 0 heterocycles. The first-order chi connectivity index (χ1) is 5.77. The molecular weight excluding hydrogens is 146 g/mol. The Balaban J connectivity index is 2.86. The molecule has 1 nitrogen and oxygen atoms in total. The van der Waals surface area contributed by atoms with Crippen molar-refractivity contribution in [2.75, 3.05) is 0 Å². The molecule has 0 saturated carbocycles. The van der Waals surface area contributed by atoms with Crippen molar-refractivity contribution in [3.63, 3.8) is 0 Å². The second-order valence-corrected chi connectivity index (χ2v) is 3.53. The molecule has 72 valence electrons. The summed E-state index contributed by atoms with van der Waals surface area (Å²) in [5.41, 5.74) is 6.30. The van der Waals surface area contributed by atoms with E-state index < -0.39 is 0 Å². The van der Waals surface area contributed by atoms with E-state index in [0.717, 1.165) is 12.1 Å². The average Bonchev–Trinajstić information content (AvgIpc) is 2.02. The molecule has 0 aliphatic carbocycles. The van der Waals surface area contributed by atoms with Crippen LogP contribution in [0.5, 0.6) is 0 Å². The smallest absolute Gasteiger partial charge is 0.000744 e. The summed E-state index contributed by atoms with van der Waals surface area (Å²) in [5.74, 6) is 0. The van der Waals surface area contributed by atoms with Crippen LogP contribution >= 0.6 is 0 Å². The van der Waals surface area contributed by atoms with Gasteiger partial charge in [0.2, 0.25) is 0 Å². The van der Waals surface area contributed by atoms with E-state index in [1.807, 2.05) is 0 Å². The number of nitrogens with two attached hydrogens (primary N) is 1. The van der Waals surface area contributed by atoms with Crippen molar-refractivity contribution in [2.24, 2.45) is 5.73 Å². The van der Waals surface area contributed by atoms with Crippen LogP contribution in [0.3, 0.4) is 0 Å². The van der Waals surface area contributed by atoms with Crippen LogP contribution < -0.4 is 5.73 Å². The Morgan fingerprint density at radius 3 is 2.00 bits per heavy atom. The molecule has 0 amide bonds. The number of allylic oxidation sites excluding steroid dienone is 1. The molecule has 0 spiro atoms. The number of hydrogen-bond donors (Lipinski definition) is 1. The minimum absolute atomic E-state index is 0.837. The van der Waals surface area contributed by atoms with Crippen LogP contribution in [-0.2, 0) is 0 Å². The minimum atomic E-state index is 0.837. The minimum Gasteiger partial charge on any atom is -0.403 e. The molecule has 0 aromatic carbocycles. The summed E-state index contributed by atoms with van der Waals surface area (Å²) in [6.07, 6.45) is 10.4. The van der Waals surface area contributed by atoms with Gasteiger partial charge in [0.1, 0.15) is 0 Å². The third-order valence-corrected chi connectivity index (χ3v) is 2.10. The lowest BCUT2D eigenvalue weighted by molar-refractivity contribution is 0.588. The molecule has 0 aliphatic rings. The zero-order valence-electron chi connectivity index (χ0n) is 8.44. The van der Waals surface area contributed by atoms with Gasteiger partial charge in [-0.2, -0.15) is 0 Å². The monoisotopic (exact) mass is 169 g/mol. The Morgan fingerprint density at radius 2 is 1.50 bits per heavy atom. The fourth-order valence-corrected chi connectivity index (χ4v) is 1.31. The van der Waals surface area contributed by atoms with E-state index in [2.05, 4.69) is 13.5 Å². The molecule has 0 rings (SSSR count). The quantitative estimate of drug-likeness (QED) is 0.552. The molecule has 0 radical (unpaired) electrons. The Bertz CT molecular complexity index is 108. The summed E-state index contributed by atoms with van der Waals surface area (Å²) in [6, 6.07) is 0. The molecule has 0 aromatic rings. The van der Waals surface area contributed by atoms with Crippen molar-refractivity contribution in [3.05, 3.63) is 12.3 Å². The molecule has 12 heavy (non-hydrogen) atoms. The van der Waals surface area contributed by atoms with Gasteiger partial charge >= 0.3 is 0 Å². The third kappa shape index (κ3) is 9.54. The van der Waals surface area contributed by atoms with E-state index in [1.54, 1.807) is 0 Å². The van der Waals surface area contributed by atoms with Gasteiger partial charge in [0.15, 0.2) is 0 Å². The Kier molecular flexibility index (Phi) is 8.30. The predicted molar refractivity (Wildman–Crippen MR) is 55.9 cm³/mol. The highest BCUT2D eigenvalue weighted by atomic mass is 14.5. The van der Waals surface area contributed by atoms with Gasteiger partial charge < -0.3 is 5.73 Å². The van der Waals surface area contributed by atoms with Gasteiger partial charge in [-0.3, -0.25) is 0 Å². The van der Waals surface area contributed by atoms with Crippen LogP contribution in [-0.4, -0.2) is 0 Å². The Morgan fingerprint density at radius 1 is 1.00 bits per heavy atom. The van der Waals surface area contributed by atoms with Crippen molar-refractivity contribution in [3.8, 4) is 0 Å². The first kappa shape index (κ1) is 11.5. The molecule has 0 aromatic heterocycles. The highest BCUT2D eigenvalue weighted by molar-refractivity contribution is 4.84. The first-order valence-electron chi connectivity index (χ1n) is 5.20. The summed E-state index contributed by atoms with van der Waals surface area (Å²) in [6.45, 7) is 5.93. The second kappa shape index (κ2) is 8.63. The van der Waals surface area contributed by atoms with E-state index in [1.165, 1.54) is 44.9 Å². The van der Waals surface area contributed by atoms with Gasteiger partial charge in [-0.1, -0.05) is 52.0 Å². The fraction of sp³-hybridized carbons (Fsp3) is 0.818. The third-order valence-electron chi connectivity index (χ3n) is 2.10. The lowest BCUT2D eigenvalue weighted by Crippen LogP contribution is -1.93. The van der Waals surface area contributed by atoms with E-state index in [9.17, 15) is 0 Å². The zero-order valence-corrected chi connectivity index (χ0v) is 8.44. The van der Waals surface area contributed by atoms with Gasteiger partial charge in [0, 0.05) is 5.70 Å². The van der Waals surface area contributed by atoms with Crippen molar-refractivity contribution in [1.29, 1.82) is 0 Å². The fourth-order valence-electron chi connectivity index (χ4n) is 1.31. The van der Waals surface area contributed by atoms with Crippen LogP contribution in [0.1, 0.15) is 58.3 Å². The normalized spacial score (nSPS) is 10.1. The summed E-state index contributed by atoms with van der Waals surface area (Å²) in [4.78, 5) is 0. The van der Waals surface area contributed by atoms with Gasteiger partial charge in [-0.05, 0) is 12.8 Å². The zero-order chi connectivity index (χ0) is 9.23. The van der Waals surface area contributed by atoms with Crippen LogP contribution in [0.2, 0.25) is 0 Å². The average molecular weight is 169 g/mol. The predicted octanol–water partition coefficient (Wildman–Crippen LogP) is 3.60. The largest absolute Gasteiger partial charge is 0.403 e. The van der Waals surface area contributed by atoms with Gasteiger partial charge in [-0.25, -0.2) is 0 Å². The molecule has 0 aliphatic heterocycles. The highest BCUT2D eigenvalue weighted by Crippen LogP contribution is 2.09. The maximum atomic E-state index is 5.46. The molecular formula is C11H23N. The maximum absolute atomic E-state index is 5.46. The van der Waals surface area contributed by atoms with Crippen molar-refractivity contribution < 1.29 is 0 Å². The van der Waals surface area contributed by atoms with Crippen LogP contribution in [0.15, 0.2) is 12.3 Å². The number of hydrogen-bond acceptors (Lipinski definition) is 1. The lowest BCUT2D eigenvalue weighted by Gasteiger charge is -2.00. The van der Waals surface area contributed by atoms with Gasteiger partial charge in [0.05, 0.1) is 0 Å². The molecule has 0 atom stereocenters. The van der Waals surface area contributed by atoms with Crippen LogP contribution in [0, 0.1) is 0 Å². The molecule has 0 fully saturated rings. The van der Waals surface area contributed by atoms with E-state index >= 15 is 0 Å². The summed E-state index contributed by atoms with van der Waals surface area (Å²) in [7, 11) is 0. The van der Waals surface area contributed by atoms with E-state index in [-0.39, 0.29) is 0 Å². The molecule has 2 N–H and O–H groups in total. The van der Waals surface area contributed by atoms with Crippen LogP contribution in [0.4, 0.5) is 0 Å². The maximum Gasteiger partial charge on any atom is 0.000744 e. The first-order valence-corrected chi connectivity index (χ1v) is 5.20. The molecule has 0 bridgehead atoms. The van der Waals surface area contributed by atoms with Crippen LogP contribution in [0.25, 0.3) is 0 Å². The Labute approximate surface area is 77.0 Å². The molecule has 0 unspecified atom stereocenters. The lowest BCUT2D eigenvalue weighted by atomic mass is 10.1. The number of rotatable bonds is 8. The standard InChI is InChI=1S/C11H23N/c1-3-4-5-6-7-8-9-10-11(2)12/h2-10,12H2,1H3. The van der Waals surface area contributed by atoms with Crippen molar-refractivity contribution >= 4 is 0 Å². The number of unbranched alkanes of at least 4 members (excludes halogenated alkanes) is 6. The SMILES string of the molecule is C=C(N)CCCCCCCCC. The van der Waals surface area contributed by atoms with Crippen molar-refractivity contribution in [1.82, 2.24) is 0 Å². The summed E-state index contributed by atoms with van der Waals surface area (Å²) >= 11 is 0. The topological polar surface area (TPSA) is 26.0 Å². The summed E-state index contributed by atoms with van der Waals surface area (Å²) in [5, 5.41) is 0.